The third kappa shape index (κ3) is 3.77. The molecule has 136 valence electrons. The number of ether oxygens (including phenoxy) is 1. The Kier molecular flexibility index (Phi) is 4.75. The van der Waals surface area contributed by atoms with Crippen LogP contribution in [0.25, 0.3) is 22.5 Å². The van der Waals surface area contributed by atoms with Crippen LogP contribution in [0, 0.1) is 0 Å². The van der Waals surface area contributed by atoms with E-state index in [1.54, 1.807) is 31.4 Å². The fourth-order valence-electron chi connectivity index (χ4n) is 2.49. The number of H-pyrrole nitrogens is 1. The molecule has 1 amide bonds. The fraction of sp³-hybridized carbons (Fsp3) is 0.111. The second-order valence-electron chi connectivity index (χ2n) is 5.56. The topological polar surface area (TPSA) is 106 Å². The minimum Gasteiger partial charge on any atom is -0.497 e. The number of anilines is 1. The summed E-state index contributed by atoms with van der Waals surface area (Å²) < 4.78 is 10.7. The normalized spacial score (nSPS) is 10.9. The quantitative estimate of drug-likeness (QED) is 0.493. The Labute approximate surface area is 158 Å². The minimum atomic E-state index is -0.171. The van der Waals surface area contributed by atoms with Crippen molar-refractivity contribution in [2.75, 3.05) is 18.2 Å². The summed E-state index contributed by atoms with van der Waals surface area (Å²) in [6.45, 7) is 0. The van der Waals surface area contributed by atoms with E-state index in [-0.39, 0.29) is 11.7 Å². The number of para-hydroxylation sites is 1. The second kappa shape index (κ2) is 7.50. The minimum absolute atomic E-state index is 0.148. The first-order chi connectivity index (χ1) is 13.2. The van der Waals surface area contributed by atoms with Crippen LogP contribution in [0.3, 0.4) is 0 Å². The summed E-state index contributed by atoms with van der Waals surface area (Å²) in [5, 5.41) is 19.2. The molecule has 27 heavy (non-hydrogen) atoms. The summed E-state index contributed by atoms with van der Waals surface area (Å²) in [5.41, 5.74) is 2.17. The van der Waals surface area contributed by atoms with Gasteiger partial charge in [-0.2, -0.15) is 5.10 Å². The highest BCUT2D eigenvalue weighted by molar-refractivity contribution is 7.99. The van der Waals surface area contributed by atoms with Crippen LogP contribution in [0.4, 0.5) is 5.69 Å². The predicted molar refractivity (Wildman–Crippen MR) is 102 cm³/mol. The van der Waals surface area contributed by atoms with Gasteiger partial charge < -0.3 is 14.5 Å². The van der Waals surface area contributed by atoms with E-state index < -0.39 is 0 Å². The van der Waals surface area contributed by atoms with E-state index in [1.165, 1.54) is 0 Å². The molecule has 9 heteroatoms. The van der Waals surface area contributed by atoms with Crippen LogP contribution in [0.5, 0.6) is 5.75 Å². The van der Waals surface area contributed by atoms with Crippen LogP contribution in [0.2, 0.25) is 0 Å². The highest BCUT2D eigenvalue weighted by atomic mass is 32.2. The van der Waals surface area contributed by atoms with Gasteiger partial charge in [-0.05, 0) is 30.3 Å². The van der Waals surface area contributed by atoms with E-state index in [0.717, 1.165) is 28.4 Å². The van der Waals surface area contributed by atoms with Gasteiger partial charge in [0, 0.05) is 11.1 Å². The second-order valence-corrected chi connectivity index (χ2v) is 6.48. The lowest BCUT2D eigenvalue weighted by Gasteiger charge is -2.05. The molecule has 0 bridgehead atoms. The Morgan fingerprint density at radius 3 is 2.81 bits per heavy atom. The third-order valence-corrected chi connectivity index (χ3v) is 4.60. The maximum absolute atomic E-state index is 12.1. The van der Waals surface area contributed by atoms with Gasteiger partial charge in [0.2, 0.25) is 5.91 Å². The molecule has 2 aromatic carbocycles. The molecule has 0 atom stereocenters. The maximum Gasteiger partial charge on any atom is 0.277 e. The van der Waals surface area contributed by atoms with Crippen LogP contribution < -0.4 is 10.1 Å². The number of benzene rings is 2. The van der Waals surface area contributed by atoms with E-state index in [2.05, 4.69) is 25.7 Å². The van der Waals surface area contributed by atoms with Gasteiger partial charge in [0.15, 0.2) is 5.69 Å². The first-order valence-corrected chi connectivity index (χ1v) is 9.05. The summed E-state index contributed by atoms with van der Waals surface area (Å²) >= 11 is 1.16. The molecule has 2 aromatic heterocycles. The molecule has 0 unspecified atom stereocenters. The SMILES string of the molecule is COc1ccc(NC(=O)CSc2nnc(-c3n[nH]c4ccccc34)o2)cc1. The van der Waals surface area contributed by atoms with Crippen LogP contribution in [0.1, 0.15) is 0 Å². The molecule has 0 saturated heterocycles. The van der Waals surface area contributed by atoms with Crippen LogP contribution in [-0.2, 0) is 4.79 Å². The lowest BCUT2D eigenvalue weighted by Crippen LogP contribution is -2.13. The maximum atomic E-state index is 12.1. The average Bonchev–Trinajstić information content (AvgIpc) is 3.33. The number of nitrogens with zero attached hydrogens (tertiary/aromatic N) is 3. The molecule has 2 N–H and O–H groups in total. The van der Waals surface area contributed by atoms with Crippen LogP contribution in [0.15, 0.2) is 58.2 Å². The zero-order valence-corrected chi connectivity index (χ0v) is 15.1. The number of aromatic nitrogens is 4. The number of methoxy groups -OCH3 is 1. The molecule has 0 aliphatic carbocycles. The van der Waals surface area contributed by atoms with Crippen LogP contribution in [-0.4, -0.2) is 39.2 Å². The number of nitrogens with one attached hydrogen (secondary N) is 2. The van der Waals surface area contributed by atoms with E-state index in [9.17, 15) is 4.79 Å². The molecule has 4 aromatic rings. The molecule has 8 nitrogen and oxygen atoms in total. The number of carbonyl (C=O) groups excluding carboxylic acids is 1. The van der Waals surface area contributed by atoms with Crippen molar-refractivity contribution < 1.29 is 13.9 Å². The molecule has 0 aliphatic rings. The zero-order valence-electron chi connectivity index (χ0n) is 14.3. The molecular formula is C18H15N5O3S. The number of hydrogen-bond donors (Lipinski definition) is 2. The molecule has 2 heterocycles. The zero-order chi connectivity index (χ0) is 18.6. The van der Waals surface area contributed by atoms with Gasteiger partial charge in [-0.15, -0.1) is 10.2 Å². The van der Waals surface area contributed by atoms with Gasteiger partial charge in [-0.1, -0.05) is 30.0 Å². The van der Waals surface area contributed by atoms with Gasteiger partial charge >= 0.3 is 0 Å². The van der Waals surface area contributed by atoms with E-state index in [1.807, 2.05) is 24.3 Å². The highest BCUT2D eigenvalue weighted by Gasteiger charge is 2.16. The van der Waals surface area contributed by atoms with Gasteiger partial charge in [0.05, 0.1) is 18.4 Å². The monoisotopic (exact) mass is 381 g/mol. The first kappa shape index (κ1) is 17.1. The molecule has 0 saturated carbocycles. The lowest BCUT2D eigenvalue weighted by atomic mass is 10.2. The van der Waals surface area contributed by atoms with Gasteiger partial charge in [0.25, 0.3) is 11.1 Å². The van der Waals surface area contributed by atoms with Gasteiger partial charge in [0.1, 0.15) is 5.75 Å². The Bertz CT molecular complexity index is 1070. The fourth-order valence-corrected chi connectivity index (χ4v) is 3.05. The van der Waals surface area contributed by atoms with E-state index >= 15 is 0 Å². The lowest BCUT2D eigenvalue weighted by molar-refractivity contribution is -0.113. The van der Waals surface area contributed by atoms with Gasteiger partial charge in [-0.25, -0.2) is 0 Å². The summed E-state index contributed by atoms with van der Waals surface area (Å²) in [4.78, 5) is 12.1. The molecule has 4 rings (SSSR count). The van der Waals surface area contributed by atoms with Crippen molar-refractivity contribution in [3.8, 4) is 17.3 Å². The number of carbonyl (C=O) groups is 1. The Morgan fingerprint density at radius 2 is 2.00 bits per heavy atom. The van der Waals surface area contributed by atoms with Crippen molar-refractivity contribution in [1.29, 1.82) is 0 Å². The number of aromatic amines is 1. The largest absolute Gasteiger partial charge is 0.497 e. The smallest absolute Gasteiger partial charge is 0.277 e. The summed E-state index contributed by atoms with van der Waals surface area (Å²) in [7, 11) is 1.59. The molecule has 0 spiro atoms. The summed E-state index contributed by atoms with van der Waals surface area (Å²) in [6.07, 6.45) is 0. The van der Waals surface area contributed by atoms with Crippen molar-refractivity contribution in [3.05, 3.63) is 48.5 Å². The number of thioether (sulfide) groups is 1. The van der Waals surface area contributed by atoms with Crippen molar-refractivity contribution >= 4 is 34.3 Å². The standard InChI is InChI=1S/C18H15N5O3S/c1-25-12-8-6-11(7-9-12)19-15(24)10-27-18-23-22-17(26-18)16-13-4-2-3-5-14(13)20-21-16/h2-9H,10H2,1H3,(H,19,24)(H,20,21). The Morgan fingerprint density at radius 1 is 1.19 bits per heavy atom. The molecule has 0 fully saturated rings. The Balaban J connectivity index is 1.38. The predicted octanol–water partition coefficient (Wildman–Crippen LogP) is 3.35. The summed E-state index contributed by atoms with van der Waals surface area (Å²) in [5.74, 6) is 1.02. The third-order valence-electron chi connectivity index (χ3n) is 3.78. The van der Waals surface area contributed by atoms with Gasteiger partial charge in [-0.3, -0.25) is 9.89 Å². The highest BCUT2D eigenvalue weighted by Crippen LogP contribution is 2.27. The van der Waals surface area contributed by atoms with Crippen molar-refractivity contribution in [2.24, 2.45) is 0 Å². The van der Waals surface area contributed by atoms with E-state index in [0.29, 0.717) is 22.5 Å². The number of fused-ring (bicyclic) bond motifs is 1. The van der Waals surface area contributed by atoms with Crippen molar-refractivity contribution in [2.45, 2.75) is 5.22 Å². The number of hydrogen-bond acceptors (Lipinski definition) is 7. The van der Waals surface area contributed by atoms with Crippen LogP contribution >= 0.6 is 11.8 Å². The van der Waals surface area contributed by atoms with Crippen molar-refractivity contribution in [3.63, 3.8) is 0 Å². The number of rotatable bonds is 6. The Hall–Kier alpha value is -3.33. The summed E-state index contributed by atoms with van der Waals surface area (Å²) in [6, 6.07) is 14.8. The molecule has 0 radical (unpaired) electrons. The van der Waals surface area contributed by atoms with Crippen molar-refractivity contribution in [1.82, 2.24) is 20.4 Å². The number of amides is 1. The first-order valence-electron chi connectivity index (χ1n) is 8.06. The average molecular weight is 381 g/mol. The molecular weight excluding hydrogens is 366 g/mol. The van der Waals surface area contributed by atoms with E-state index in [4.69, 9.17) is 9.15 Å². The molecule has 0 aliphatic heterocycles.